The van der Waals surface area contributed by atoms with Crippen LogP contribution in [-0.2, 0) is 0 Å². The van der Waals surface area contributed by atoms with Crippen LogP contribution in [0.2, 0.25) is 0 Å². The number of nitrogens with zero attached hydrogens (tertiary/aromatic N) is 2. The van der Waals surface area contributed by atoms with Crippen molar-refractivity contribution in [1.29, 1.82) is 0 Å². The van der Waals surface area contributed by atoms with Crippen molar-refractivity contribution < 1.29 is 0 Å². The molecular formula is H8N2S3Si2. The van der Waals surface area contributed by atoms with Crippen LogP contribution in [0.5, 0.6) is 0 Å². The van der Waals surface area contributed by atoms with Gasteiger partial charge in [-0.25, -0.2) is 6.75 Å². The molecule has 0 amide bonds. The van der Waals surface area contributed by atoms with Crippen molar-refractivity contribution in [2.75, 3.05) is 0 Å². The topological polar surface area (TPSA) is 6.48 Å². The predicted molar refractivity (Wildman–Crippen MR) is 49.1 cm³/mol. The van der Waals surface area contributed by atoms with E-state index in [0.29, 0.717) is 0 Å². The van der Waals surface area contributed by atoms with E-state index < -0.39 is 0 Å². The van der Waals surface area contributed by atoms with Crippen LogP contribution in [-0.4, -0.2) is 27.6 Å². The molecule has 0 unspecified atom stereocenters. The van der Waals surface area contributed by atoms with Gasteiger partial charge in [0.15, 0.2) is 0 Å². The van der Waals surface area contributed by atoms with Crippen LogP contribution in [0.3, 0.4) is 0 Å². The fraction of sp³-hybridized carbons (Fsp3) is 0. The first kappa shape index (κ1) is 8.40. The van der Waals surface area contributed by atoms with E-state index in [4.69, 9.17) is 0 Å². The van der Waals surface area contributed by atoms with Crippen LogP contribution in [0.25, 0.3) is 0 Å². The maximum atomic E-state index is 4.03. The smallest absolute Gasteiger partial charge is 0.109 e. The second kappa shape index (κ2) is 4.30. The Kier molecular flexibility index (Phi) is 5.16. The van der Waals surface area contributed by atoms with Crippen LogP contribution in [0.4, 0.5) is 0 Å². The molecule has 0 fully saturated rings. The molecule has 0 aliphatic heterocycles. The van der Waals surface area contributed by atoms with E-state index in [1.54, 1.807) is 0 Å². The Labute approximate surface area is 65.4 Å². The van der Waals surface area contributed by atoms with Crippen molar-refractivity contribution in [2.24, 2.45) is 0 Å². The fourth-order valence-corrected chi connectivity index (χ4v) is 4.62. The Hall–Kier alpha value is 1.40. The van der Waals surface area contributed by atoms with E-state index in [1.165, 1.54) is 12.1 Å². The molecule has 0 radical (unpaired) electrons. The van der Waals surface area contributed by atoms with Gasteiger partial charge in [-0.05, 0) is 0 Å². The van der Waals surface area contributed by atoms with Gasteiger partial charge in [0.1, 0.15) is 20.8 Å². The van der Waals surface area contributed by atoms with Gasteiger partial charge in [-0.1, -0.05) is 25.6 Å². The Balaban J connectivity index is 2.95. The van der Waals surface area contributed by atoms with Gasteiger partial charge < -0.3 is 0 Å². The molecule has 0 bridgehead atoms. The molecule has 0 aliphatic rings. The third-order valence-corrected chi connectivity index (χ3v) is 2.13. The first-order chi connectivity index (χ1) is 3.13. The molecule has 0 saturated carbocycles. The molecule has 0 aromatic heterocycles. The zero-order valence-corrected chi connectivity index (χ0v) is 10.8. The Morgan fingerprint density at radius 1 is 1.14 bits per heavy atom. The summed E-state index contributed by atoms with van der Waals surface area (Å²) in [5.74, 6) is 0. The molecule has 0 atom stereocenters. The summed E-state index contributed by atoms with van der Waals surface area (Å²) >= 11 is 9.58. The summed E-state index contributed by atoms with van der Waals surface area (Å²) in [7, 11) is 1.92. The standard InChI is InChI=1S/H8N2S3Si2/c3-1(6)5-2(4)7/h3-4H,6-7H3. The number of thiol groups is 2. The molecule has 0 N–H and O–H groups in total. The van der Waals surface area contributed by atoms with Gasteiger partial charge >= 0.3 is 0 Å². The van der Waals surface area contributed by atoms with Gasteiger partial charge in [-0.3, -0.25) is 0 Å². The quantitative estimate of drug-likeness (QED) is 0.307. The molecular weight excluding hydrogens is 180 g/mol. The minimum Gasteiger partial charge on any atom is -0.220 e. The summed E-state index contributed by atoms with van der Waals surface area (Å²) in [6.45, 7) is 0. The molecule has 2 nitrogen and oxygen atoms in total. The van der Waals surface area contributed by atoms with Crippen molar-refractivity contribution in [3.63, 3.8) is 0 Å². The van der Waals surface area contributed by atoms with Gasteiger partial charge in [-0.15, -0.1) is 0 Å². The molecule has 7 heteroatoms. The summed E-state index contributed by atoms with van der Waals surface area (Å²) in [6.07, 6.45) is 0. The lowest BCUT2D eigenvalue weighted by Gasteiger charge is -2.11. The first-order valence-corrected chi connectivity index (χ1v) is 4.98. The van der Waals surface area contributed by atoms with Crippen molar-refractivity contribution in [2.45, 2.75) is 0 Å². The molecule has 7 heavy (non-hydrogen) atoms. The summed E-state index contributed by atoms with van der Waals surface area (Å²) in [6, 6.07) is 0. The van der Waals surface area contributed by atoms with Gasteiger partial charge in [-0.2, -0.15) is 0 Å². The van der Waals surface area contributed by atoms with E-state index >= 15 is 0 Å². The molecule has 0 aromatic rings. The average Bonchev–Trinajstić information content (AvgIpc) is 1.27. The SMILES string of the molecule is [SiH3]N(S)SN([SiH3])S. The maximum Gasteiger partial charge on any atom is 0.109 e. The monoisotopic (exact) mass is 188 g/mol. The zero-order chi connectivity index (χ0) is 5.86. The van der Waals surface area contributed by atoms with Crippen LogP contribution in [0.1, 0.15) is 0 Å². The molecule has 0 aromatic carbocycles. The second-order valence-electron chi connectivity index (χ2n) is 1.01. The lowest BCUT2D eigenvalue weighted by Crippen LogP contribution is -2.04. The lowest BCUT2D eigenvalue weighted by atomic mass is 13.8. The Bertz CT molecular complexity index is 40.2. The highest BCUT2D eigenvalue weighted by Gasteiger charge is 1.90. The number of rotatable bonds is 2. The summed E-state index contributed by atoms with van der Waals surface area (Å²) < 4.78 is 3.67. The third-order valence-electron chi connectivity index (χ3n) is 0.236. The van der Waals surface area contributed by atoms with Crippen LogP contribution in [0.15, 0.2) is 0 Å². The molecule has 0 saturated heterocycles. The van der Waals surface area contributed by atoms with Crippen molar-refractivity contribution >= 4 is 58.6 Å². The maximum absolute atomic E-state index is 4.03. The Morgan fingerprint density at radius 3 is 1.43 bits per heavy atom. The molecule has 0 aliphatic carbocycles. The van der Waals surface area contributed by atoms with E-state index in [1.807, 2.05) is 6.75 Å². The van der Waals surface area contributed by atoms with Crippen LogP contribution < -0.4 is 0 Å². The predicted octanol–water partition coefficient (Wildman–Crippen LogP) is -1.60. The summed E-state index contributed by atoms with van der Waals surface area (Å²) in [4.78, 5) is 0. The number of hydrogen-bond donors (Lipinski definition) is 2. The second-order valence-corrected chi connectivity index (χ2v) is 8.60. The van der Waals surface area contributed by atoms with E-state index in [2.05, 4.69) is 25.6 Å². The van der Waals surface area contributed by atoms with Crippen molar-refractivity contribution in [1.82, 2.24) is 6.75 Å². The highest BCUT2D eigenvalue weighted by molar-refractivity contribution is 8.11. The average molecular weight is 188 g/mol. The van der Waals surface area contributed by atoms with Crippen molar-refractivity contribution in [3.05, 3.63) is 0 Å². The summed E-state index contributed by atoms with van der Waals surface area (Å²) in [5.41, 5.74) is 0. The van der Waals surface area contributed by atoms with Gasteiger partial charge in [0.2, 0.25) is 0 Å². The molecule has 0 rings (SSSR count). The van der Waals surface area contributed by atoms with Gasteiger partial charge in [0.25, 0.3) is 0 Å². The largest absolute Gasteiger partial charge is 0.220 e. The number of hydrogen-bond acceptors (Lipinski definition) is 5. The van der Waals surface area contributed by atoms with Crippen LogP contribution >= 0.6 is 37.8 Å². The Morgan fingerprint density at radius 2 is 1.43 bits per heavy atom. The highest BCUT2D eigenvalue weighted by atomic mass is 32.2. The zero-order valence-electron chi connectivity index (χ0n) is 4.20. The first-order valence-electron chi connectivity index (χ1n) is 1.66. The van der Waals surface area contributed by atoms with E-state index in [9.17, 15) is 0 Å². The fourth-order valence-electron chi connectivity index (χ4n) is 0.171. The highest BCUT2D eigenvalue weighted by Crippen LogP contribution is 2.12. The summed E-state index contributed by atoms with van der Waals surface area (Å²) in [5, 5.41) is 0. The van der Waals surface area contributed by atoms with Gasteiger partial charge in [0.05, 0.1) is 0 Å². The third kappa shape index (κ3) is 7.40. The molecule has 44 valence electrons. The lowest BCUT2D eigenvalue weighted by molar-refractivity contribution is 1.16. The van der Waals surface area contributed by atoms with Crippen molar-refractivity contribution in [3.8, 4) is 0 Å². The molecule has 0 spiro atoms. The van der Waals surface area contributed by atoms with Crippen LogP contribution in [0, 0.1) is 0 Å². The van der Waals surface area contributed by atoms with E-state index in [-0.39, 0.29) is 0 Å². The minimum absolute atomic E-state index is 0.959. The minimum atomic E-state index is 0.959. The molecule has 0 heterocycles. The van der Waals surface area contributed by atoms with E-state index in [0.717, 1.165) is 20.8 Å². The normalized spacial score (nSPS) is 12.0. The van der Waals surface area contributed by atoms with Gasteiger partial charge in [0, 0.05) is 12.1 Å².